The van der Waals surface area contributed by atoms with Crippen LogP contribution in [0.1, 0.15) is 37.7 Å². The maximum absolute atomic E-state index is 9.51. The van der Waals surface area contributed by atoms with Gasteiger partial charge in [0.1, 0.15) is 11.5 Å². The van der Waals surface area contributed by atoms with Gasteiger partial charge in [0.05, 0.1) is 19.3 Å². The molecule has 0 saturated carbocycles. The van der Waals surface area contributed by atoms with E-state index in [0.29, 0.717) is 6.54 Å². The van der Waals surface area contributed by atoms with Crippen molar-refractivity contribution in [1.29, 1.82) is 0 Å². The fourth-order valence-corrected chi connectivity index (χ4v) is 2.14. The first-order valence-electron chi connectivity index (χ1n) is 7.35. The van der Waals surface area contributed by atoms with E-state index in [1.807, 2.05) is 43.3 Å². The summed E-state index contributed by atoms with van der Waals surface area (Å²) in [7, 11) is 0. The summed E-state index contributed by atoms with van der Waals surface area (Å²) in [5, 5.41) is 21.9. The zero-order valence-electron chi connectivity index (χ0n) is 13.0. The standard InChI is InChI=1S/C17H23NO3.ClH/c1-3-15(11-19)18-10-16-8-9-17(21-16)14-6-4-13(5-7-14)12(2)20;/h4-9,12,15,18-20H,3,10-11H2,1-2H3;1H. The summed E-state index contributed by atoms with van der Waals surface area (Å²) in [6, 6.07) is 11.7. The summed E-state index contributed by atoms with van der Waals surface area (Å²) >= 11 is 0. The van der Waals surface area contributed by atoms with E-state index in [2.05, 4.69) is 5.32 Å². The first-order valence-corrected chi connectivity index (χ1v) is 7.35. The van der Waals surface area contributed by atoms with E-state index in [1.165, 1.54) is 0 Å². The fraction of sp³-hybridized carbons (Fsp3) is 0.412. The van der Waals surface area contributed by atoms with E-state index in [9.17, 15) is 5.11 Å². The summed E-state index contributed by atoms with van der Waals surface area (Å²) in [5.41, 5.74) is 1.88. The van der Waals surface area contributed by atoms with E-state index >= 15 is 0 Å². The van der Waals surface area contributed by atoms with Gasteiger partial charge in [0, 0.05) is 11.6 Å². The van der Waals surface area contributed by atoms with Gasteiger partial charge in [-0.25, -0.2) is 0 Å². The lowest BCUT2D eigenvalue weighted by atomic mass is 10.1. The molecule has 0 amide bonds. The molecule has 2 unspecified atom stereocenters. The Morgan fingerprint density at radius 3 is 2.36 bits per heavy atom. The van der Waals surface area contributed by atoms with Gasteiger partial charge in [0.25, 0.3) is 0 Å². The molecule has 0 aliphatic rings. The molecule has 1 aromatic heterocycles. The summed E-state index contributed by atoms with van der Waals surface area (Å²) in [6.07, 6.45) is 0.421. The second-order valence-electron chi connectivity index (χ2n) is 5.23. The molecule has 0 aliphatic carbocycles. The SMILES string of the molecule is CCC(CO)NCc1ccc(-c2ccc(C(C)O)cc2)o1.Cl. The average molecular weight is 326 g/mol. The number of halogens is 1. The van der Waals surface area contributed by atoms with Crippen LogP contribution in [-0.4, -0.2) is 22.9 Å². The summed E-state index contributed by atoms with van der Waals surface area (Å²) in [4.78, 5) is 0. The van der Waals surface area contributed by atoms with Crippen LogP contribution in [0.2, 0.25) is 0 Å². The van der Waals surface area contributed by atoms with Crippen LogP contribution in [0.25, 0.3) is 11.3 Å². The molecule has 2 atom stereocenters. The molecule has 3 N–H and O–H groups in total. The van der Waals surface area contributed by atoms with Gasteiger partial charge < -0.3 is 19.9 Å². The van der Waals surface area contributed by atoms with Crippen molar-refractivity contribution < 1.29 is 14.6 Å². The van der Waals surface area contributed by atoms with Gasteiger partial charge in [-0.15, -0.1) is 12.4 Å². The Morgan fingerprint density at radius 1 is 1.14 bits per heavy atom. The van der Waals surface area contributed by atoms with Crippen molar-refractivity contribution in [2.45, 2.75) is 39.0 Å². The van der Waals surface area contributed by atoms with E-state index < -0.39 is 6.10 Å². The topological polar surface area (TPSA) is 65.6 Å². The molecule has 122 valence electrons. The molecule has 0 bridgehead atoms. The van der Waals surface area contributed by atoms with Crippen molar-refractivity contribution in [2.24, 2.45) is 0 Å². The number of aliphatic hydroxyl groups is 2. The van der Waals surface area contributed by atoms with Gasteiger partial charge in [0.15, 0.2) is 0 Å². The van der Waals surface area contributed by atoms with E-state index in [4.69, 9.17) is 9.52 Å². The molecule has 22 heavy (non-hydrogen) atoms. The highest BCUT2D eigenvalue weighted by Gasteiger charge is 2.08. The van der Waals surface area contributed by atoms with Crippen molar-refractivity contribution in [3.63, 3.8) is 0 Å². The third-order valence-electron chi connectivity index (χ3n) is 3.62. The Kier molecular flexibility index (Phi) is 7.62. The highest BCUT2D eigenvalue weighted by Crippen LogP contribution is 2.24. The van der Waals surface area contributed by atoms with Crippen molar-refractivity contribution >= 4 is 12.4 Å². The zero-order chi connectivity index (χ0) is 15.2. The third kappa shape index (κ3) is 4.85. The van der Waals surface area contributed by atoms with Gasteiger partial charge in [-0.05, 0) is 31.0 Å². The third-order valence-corrected chi connectivity index (χ3v) is 3.62. The van der Waals surface area contributed by atoms with E-state index in [0.717, 1.165) is 29.1 Å². The molecule has 0 radical (unpaired) electrons. The molecule has 0 spiro atoms. The average Bonchev–Trinajstić information content (AvgIpc) is 2.97. The van der Waals surface area contributed by atoms with Gasteiger partial charge in [-0.1, -0.05) is 31.2 Å². The van der Waals surface area contributed by atoms with Crippen LogP contribution in [0.5, 0.6) is 0 Å². The smallest absolute Gasteiger partial charge is 0.134 e. The highest BCUT2D eigenvalue weighted by atomic mass is 35.5. The minimum absolute atomic E-state index is 0. The first-order chi connectivity index (χ1) is 10.1. The molecule has 5 heteroatoms. The van der Waals surface area contributed by atoms with Crippen LogP contribution in [-0.2, 0) is 6.54 Å². The van der Waals surface area contributed by atoms with Gasteiger partial charge in [-0.2, -0.15) is 0 Å². The lowest BCUT2D eigenvalue weighted by molar-refractivity contribution is 0.199. The van der Waals surface area contributed by atoms with E-state index in [1.54, 1.807) is 6.92 Å². The molecule has 4 nitrogen and oxygen atoms in total. The Labute approximate surface area is 137 Å². The quantitative estimate of drug-likeness (QED) is 0.731. The van der Waals surface area contributed by atoms with Crippen molar-refractivity contribution in [3.05, 3.63) is 47.7 Å². The Bertz CT molecular complexity index is 547. The number of hydrogen-bond acceptors (Lipinski definition) is 4. The highest BCUT2D eigenvalue weighted by molar-refractivity contribution is 5.85. The predicted molar refractivity (Wildman–Crippen MR) is 90.0 cm³/mol. The number of furan rings is 1. The van der Waals surface area contributed by atoms with Crippen LogP contribution in [0.4, 0.5) is 0 Å². The number of rotatable bonds is 7. The molecule has 0 saturated heterocycles. The summed E-state index contributed by atoms with van der Waals surface area (Å²) in [6.45, 7) is 4.51. The second kappa shape index (κ2) is 8.96. The van der Waals surface area contributed by atoms with Gasteiger partial charge in [0.2, 0.25) is 0 Å². The molecule has 2 aromatic rings. The summed E-state index contributed by atoms with van der Waals surface area (Å²) in [5.74, 6) is 1.65. The number of nitrogens with one attached hydrogen (secondary N) is 1. The Morgan fingerprint density at radius 2 is 1.82 bits per heavy atom. The van der Waals surface area contributed by atoms with Crippen molar-refractivity contribution in [2.75, 3.05) is 6.61 Å². The Hall–Kier alpha value is -1.33. The molecule has 1 heterocycles. The van der Waals surface area contributed by atoms with Crippen LogP contribution in [0, 0.1) is 0 Å². The maximum Gasteiger partial charge on any atom is 0.134 e. The predicted octanol–water partition coefficient (Wildman–Crippen LogP) is 3.28. The molecule has 2 rings (SSSR count). The normalized spacial score (nSPS) is 13.5. The van der Waals surface area contributed by atoms with Crippen LogP contribution in [0.15, 0.2) is 40.8 Å². The van der Waals surface area contributed by atoms with E-state index in [-0.39, 0.29) is 25.1 Å². The maximum atomic E-state index is 9.51. The summed E-state index contributed by atoms with van der Waals surface area (Å²) < 4.78 is 5.80. The van der Waals surface area contributed by atoms with Crippen LogP contribution in [0.3, 0.4) is 0 Å². The largest absolute Gasteiger partial charge is 0.460 e. The molecule has 1 aromatic carbocycles. The Balaban J connectivity index is 0.00000242. The molecular weight excluding hydrogens is 302 g/mol. The van der Waals surface area contributed by atoms with Gasteiger partial charge >= 0.3 is 0 Å². The van der Waals surface area contributed by atoms with Crippen LogP contribution < -0.4 is 5.32 Å². The minimum atomic E-state index is -0.458. The number of benzene rings is 1. The monoisotopic (exact) mass is 325 g/mol. The first kappa shape index (κ1) is 18.7. The van der Waals surface area contributed by atoms with Gasteiger partial charge in [-0.3, -0.25) is 0 Å². The second-order valence-corrected chi connectivity index (χ2v) is 5.23. The number of hydrogen-bond donors (Lipinski definition) is 3. The van der Waals surface area contributed by atoms with Crippen molar-refractivity contribution in [3.8, 4) is 11.3 Å². The fourth-order valence-electron chi connectivity index (χ4n) is 2.14. The van der Waals surface area contributed by atoms with Crippen molar-refractivity contribution in [1.82, 2.24) is 5.32 Å². The zero-order valence-corrected chi connectivity index (χ0v) is 13.8. The van der Waals surface area contributed by atoms with Crippen LogP contribution >= 0.6 is 12.4 Å². The molecular formula is C17H24ClNO3. The lowest BCUT2D eigenvalue weighted by Gasteiger charge is -2.12. The number of aliphatic hydroxyl groups excluding tert-OH is 2. The lowest BCUT2D eigenvalue weighted by Crippen LogP contribution is -2.30. The molecule has 0 fully saturated rings. The molecule has 0 aliphatic heterocycles. The minimum Gasteiger partial charge on any atom is -0.460 e.